The molecule has 0 aliphatic carbocycles. The maximum Gasteiger partial charge on any atom is 0.306 e. The summed E-state index contributed by atoms with van der Waals surface area (Å²) in [6, 6.07) is 21.3. The van der Waals surface area contributed by atoms with Crippen LogP contribution in [0.25, 0.3) is 11.1 Å². The van der Waals surface area contributed by atoms with Crippen LogP contribution >= 0.6 is 11.3 Å². The minimum Gasteiger partial charge on any atom is -0.456 e. The molecule has 1 heterocycles. The molecule has 0 fully saturated rings. The largest absolute Gasteiger partial charge is 0.456 e. The number of carbonyl (C=O) groups is 2. The fourth-order valence-corrected chi connectivity index (χ4v) is 3.26. The zero-order valence-corrected chi connectivity index (χ0v) is 15.0. The second-order valence-corrected chi connectivity index (χ2v) is 6.73. The van der Waals surface area contributed by atoms with Crippen molar-refractivity contribution in [2.75, 3.05) is 11.9 Å². The summed E-state index contributed by atoms with van der Waals surface area (Å²) >= 11 is 1.60. The van der Waals surface area contributed by atoms with Gasteiger partial charge in [-0.2, -0.15) is 0 Å². The number of hydrogen-bond acceptors (Lipinski definition) is 4. The summed E-state index contributed by atoms with van der Waals surface area (Å²) in [5.74, 6) is -0.720. The molecule has 0 spiro atoms. The summed E-state index contributed by atoms with van der Waals surface area (Å²) in [5, 5.41) is 4.79. The monoisotopic (exact) mass is 365 g/mol. The molecule has 0 bridgehead atoms. The first-order chi connectivity index (χ1) is 12.7. The molecule has 0 radical (unpaired) electrons. The highest BCUT2D eigenvalue weighted by atomic mass is 32.1. The number of para-hydroxylation sites is 1. The van der Waals surface area contributed by atoms with E-state index in [1.165, 1.54) is 0 Å². The molecular weight excluding hydrogens is 346 g/mol. The molecule has 132 valence electrons. The van der Waals surface area contributed by atoms with Crippen molar-refractivity contribution in [2.45, 2.75) is 12.8 Å². The average Bonchev–Trinajstić information content (AvgIpc) is 3.19. The first-order valence-electron chi connectivity index (χ1n) is 8.34. The molecule has 4 nitrogen and oxygen atoms in total. The lowest BCUT2D eigenvalue weighted by atomic mass is 10.0. The Kier molecular flexibility index (Phi) is 6.17. The molecule has 1 amide bonds. The number of carbonyl (C=O) groups excluding carboxylic acids is 2. The van der Waals surface area contributed by atoms with E-state index >= 15 is 0 Å². The number of esters is 1. The molecule has 2 aromatic carbocycles. The number of nitrogens with one attached hydrogen (secondary N) is 1. The highest BCUT2D eigenvalue weighted by Gasteiger charge is 2.11. The van der Waals surface area contributed by atoms with E-state index in [-0.39, 0.29) is 24.9 Å². The highest BCUT2D eigenvalue weighted by molar-refractivity contribution is 7.09. The Morgan fingerprint density at radius 1 is 0.923 bits per heavy atom. The van der Waals surface area contributed by atoms with Crippen LogP contribution in [0.1, 0.15) is 11.3 Å². The Bertz CT molecular complexity index is 860. The van der Waals surface area contributed by atoms with Crippen LogP contribution in [-0.2, 0) is 20.7 Å². The summed E-state index contributed by atoms with van der Waals surface area (Å²) in [6.07, 6.45) is 0.906. The summed E-state index contributed by atoms with van der Waals surface area (Å²) in [7, 11) is 0. The van der Waals surface area contributed by atoms with Crippen molar-refractivity contribution in [3.63, 3.8) is 0 Å². The van der Waals surface area contributed by atoms with Gasteiger partial charge in [0.25, 0.3) is 5.91 Å². The van der Waals surface area contributed by atoms with E-state index in [0.717, 1.165) is 16.0 Å². The van der Waals surface area contributed by atoms with Crippen molar-refractivity contribution in [3.8, 4) is 11.1 Å². The zero-order chi connectivity index (χ0) is 18.2. The molecule has 26 heavy (non-hydrogen) atoms. The van der Waals surface area contributed by atoms with Gasteiger partial charge in [-0.25, -0.2) is 0 Å². The predicted molar refractivity (Wildman–Crippen MR) is 104 cm³/mol. The number of rotatable bonds is 7. The number of aryl methyl sites for hydroxylation is 1. The summed E-state index contributed by atoms with van der Waals surface area (Å²) in [5.41, 5.74) is 2.63. The second-order valence-electron chi connectivity index (χ2n) is 5.70. The van der Waals surface area contributed by atoms with E-state index in [9.17, 15) is 9.59 Å². The molecule has 1 N–H and O–H groups in total. The molecule has 0 atom stereocenters. The van der Waals surface area contributed by atoms with Crippen molar-refractivity contribution in [2.24, 2.45) is 0 Å². The van der Waals surface area contributed by atoms with Gasteiger partial charge in [-0.15, -0.1) is 11.3 Å². The standard InChI is InChI=1S/C21H19NO3S/c23-20(15-25-21(24)13-12-17-9-6-14-26-17)22-19-11-5-4-10-18(19)16-7-2-1-3-8-16/h1-11,14H,12-13,15H2,(H,22,23). The fourth-order valence-electron chi connectivity index (χ4n) is 2.55. The fraction of sp³-hybridized carbons (Fsp3) is 0.143. The van der Waals surface area contributed by atoms with Crippen molar-refractivity contribution < 1.29 is 14.3 Å². The van der Waals surface area contributed by atoms with Gasteiger partial charge >= 0.3 is 5.97 Å². The maximum atomic E-state index is 12.1. The molecule has 0 aliphatic rings. The second kappa shape index (κ2) is 8.97. The summed E-state index contributed by atoms with van der Waals surface area (Å²) in [6.45, 7) is -0.285. The third-order valence-electron chi connectivity index (χ3n) is 3.81. The molecule has 5 heteroatoms. The van der Waals surface area contributed by atoms with E-state index in [0.29, 0.717) is 12.1 Å². The number of ether oxygens (including phenoxy) is 1. The van der Waals surface area contributed by atoms with Crippen molar-refractivity contribution >= 4 is 28.9 Å². The van der Waals surface area contributed by atoms with Crippen LogP contribution < -0.4 is 5.32 Å². The quantitative estimate of drug-likeness (QED) is 0.626. The number of amides is 1. The molecular formula is C21H19NO3S. The number of benzene rings is 2. The third-order valence-corrected chi connectivity index (χ3v) is 4.74. The van der Waals surface area contributed by atoms with E-state index in [4.69, 9.17) is 4.74 Å². The third kappa shape index (κ3) is 5.04. The molecule has 0 saturated heterocycles. The minimum absolute atomic E-state index is 0.272. The number of anilines is 1. The minimum atomic E-state index is -0.370. The lowest BCUT2D eigenvalue weighted by Crippen LogP contribution is -2.21. The maximum absolute atomic E-state index is 12.1. The van der Waals surface area contributed by atoms with Crippen LogP contribution in [0.2, 0.25) is 0 Å². The van der Waals surface area contributed by atoms with Crippen molar-refractivity contribution in [1.29, 1.82) is 0 Å². The van der Waals surface area contributed by atoms with Gasteiger partial charge in [-0.3, -0.25) is 9.59 Å². The predicted octanol–water partition coefficient (Wildman–Crippen LogP) is 4.53. The summed E-state index contributed by atoms with van der Waals surface area (Å²) in [4.78, 5) is 25.1. The van der Waals surface area contributed by atoms with Crippen LogP contribution in [0.4, 0.5) is 5.69 Å². The van der Waals surface area contributed by atoms with E-state index in [2.05, 4.69) is 5.32 Å². The van der Waals surface area contributed by atoms with Gasteiger partial charge in [0, 0.05) is 16.1 Å². The van der Waals surface area contributed by atoms with E-state index < -0.39 is 0 Å². The van der Waals surface area contributed by atoms with E-state index in [1.54, 1.807) is 11.3 Å². The zero-order valence-electron chi connectivity index (χ0n) is 14.2. The number of hydrogen-bond donors (Lipinski definition) is 1. The lowest BCUT2D eigenvalue weighted by Gasteiger charge is -2.11. The smallest absolute Gasteiger partial charge is 0.306 e. The van der Waals surface area contributed by atoms with Crippen LogP contribution in [-0.4, -0.2) is 18.5 Å². The van der Waals surface area contributed by atoms with Crippen LogP contribution in [0.15, 0.2) is 72.1 Å². The molecule has 0 unspecified atom stereocenters. The topological polar surface area (TPSA) is 55.4 Å². The van der Waals surface area contributed by atoms with Crippen molar-refractivity contribution in [1.82, 2.24) is 0 Å². The molecule has 0 saturated carbocycles. The molecule has 3 rings (SSSR count). The van der Waals surface area contributed by atoms with Gasteiger partial charge in [0.2, 0.25) is 0 Å². The normalized spacial score (nSPS) is 10.3. The van der Waals surface area contributed by atoms with Gasteiger partial charge in [0.05, 0.1) is 6.42 Å². The highest BCUT2D eigenvalue weighted by Crippen LogP contribution is 2.27. The Morgan fingerprint density at radius 3 is 2.46 bits per heavy atom. The van der Waals surface area contributed by atoms with Crippen molar-refractivity contribution in [3.05, 3.63) is 77.0 Å². The molecule has 0 aliphatic heterocycles. The molecule has 3 aromatic rings. The lowest BCUT2D eigenvalue weighted by molar-refractivity contribution is -0.147. The first-order valence-corrected chi connectivity index (χ1v) is 9.22. The van der Waals surface area contributed by atoms with Gasteiger partial charge in [-0.05, 0) is 29.5 Å². The Balaban J connectivity index is 1.53. The van der Waals surface area contributed by atoms with Crippen LogP contribution in [0.3, 0.4) is 0 Å². The first kappa shape index (κ1) is 17.9. The van der Waals surface area contributed by atoms with Gasteiger partial charge in [-0.1, -0.05) is 54.6 Å². The van der Waals surface area contributed by atoms with Gasteiger partial charge in [0.1, 0.15) is 0 Å². The number of thiophene rings is 1. The SMILES string of the molecule is O=C(COC(=O)CCc1cccs1)Nc1ccccc1-c1ccccc1. The average molecular weight is 365 g/mol. The van der Waals surface area contributed by atoms with Gasteiger partial charge in [0.15, 0.2) is 6.61 Å². The van der Waals surface area contributed by atoms with Crippen LogP contribution in [0.5, 0.6) is 0 Å². The Labute approximate surface area is 156 Å². The molecule has 1 aromatic heterocycles. The van der Waals surface area contributed by atoms with Gasteiger partial charge < -0.3 is 10.1 Å². The van der Waals surface area contributed by atoms with Crippen LogP contribution in [0, 0.1) is 0 Å². The Morgan fingerprint density at radius 2 is 1.69 bits per heavy atom. The summed E-state index contributed by atoms with van der Waals surface area (Å²) < 4.78 is 5.07. The van der Waals surface area contributed by atoms with E-state index in [1.807, 2.05) is 72.1 Å². The Hall–Kier alpha value is -2.92.